The summed E-state index contributed by atoms with van der Waals surface area (Å²) in [7, 11) is 0. The molecule has 0 aliphatic carbocycles. The third-order valence-electron chi connectivity index (χ3n) is 2.12. The van der Waals surface area contributed by atoms with Gasteiger partial charge in [0.05, 0.1) is 16.3 Å². The predicted octanol–water partition coefficient (Wildman–Crippen LogP) is 3.77. The lowest BCUT2D eigenvalue weighted by atomic mass is 10.3. The van der Waals surface area contributed by atoms with E-state index in [9.17, 15) is 0 Å². The van der Waals surface area contributed by atoms with Gasteiger partial charge in [-0.1, -0.05) is 12.1 Å². The Morgan fingerprint density at radius 2 is 1.83 bits per heavy atom. The molecular weight excluding hydrogens is 294 g/mol. The molecule has 1 heterocycles. The maximum atomic E-state index is 5.71. The Morgan fingerprint density at radius 3 is 2.50 bits per heavy atom. The summed E-state index contributed by atoms with van der Waals surface area (Å²) in [6.45, 7) is 3.99. The Balaban J connectivity index is 2.20. The van der Waals surface area contributed by atoms with Crippen molar-refractivity contribution < 1.29 is 4.74 Å². The molecule has 1 N–H and O–H groups in total. The number of benzene rings is 1. The molecule has 0 radical (unpaired) electrons. The first-order chi connectivity index (χ1) is 8.65. The number of nitrogens with one attached hydrogen (secondary N) is 1. The van der Waals surface area contributed by atoms with Gasteiger partial charge in [-0.25, -0.2) is 9.97 Å². The number of hydrogen-bond acceptors (Lipinski definition) is 4. The van der Waals surface area contributed by atoms with E-state index in [2.05, 4.69) is 31.2 Å². The second kappa shape index (κ2) is 5.82. The Kier molecular flexibility index (Phi) is 4.15. The first kappa shape index (κ1) is 12.8. The molecule has 0 fully saturated rings. The number of halogens is 1. The Labute approximate surface area is 115 Å². The summed E-state index contributed by atoms with van der Waals surface area (Å²) in [6.07, 6.45) is 3.52. The lowest BCUT2D eigenvalue weighted by Crippen LogP contribution is -2.07. The van der Waals surface area contributed by atoms with Crippen LogP contribution in [-0.2, 0) is 0 Å². The van der Waals surface area contributed by atoms with Gasteiger partial charge in [-0.15, -0.1) is 0 Å². The van der Waals surface area contributed by atoms with Crippen LogP contribution in [0, 0.1) is 0 Å². The van der Waals surface area contributed by atoms with Gasteiger partial charge in [0.2, 0.25) is 5.95 Å². The first-order valence-corrected chi connectivity index (χ1v) is 6.44. The molecule has 1 aromatic heterocycles. The van der Waals surface area contributed by atoms with Gasteiger partial charge >= 0.3 is 0 Å². The van der Waals surface area contributed by atoms with Gasteiger partial charge in [0.15, 0.2) is 0 Å². The van der Waals surface area contributed by atoms with Gasteiger partial charge in [0.1, 0.15) is 5.75 Å². The van der Waals surface area contributed by atoms with Gasteiger partial charge in [-0.3, -0.25) is 0 Å². The van der Waals surface area contributed by atoms with E-state index in [1.165, 1.54) is 0 Å². The molecule has 0 aliphatic heterocycles. The molecule has 0 saturated heterocycles. The summed E-state index contributed by atoms with van der Waals surface area (Å²) in [5.74, 6) is 1.33. The largest absolute Gasteiger partial charge is 0.489 e. The van der Waals surface area contributed by atoms with E-state index < -0.39 is 0 Å². The number of rotatable bonds is 4. The zero-order valence-corrected chi connectivity index (χ0v) is 11.8. The zero-order chi connectivity index (χ0) is 13.0. The summed E-state index contributed by atoms with van der Waals surface area (Å²) >= 11 is 3.30. The molecule has 0 aliphatic rings. The van der Waals surface area contributed by atoms with Gasteiger partial charge in [0.25, 0.3) is 0 Å². The van der Waals surface area contributed by atoms with Crippen molar-refractivity contribution in [3.63, 3.8) is 0 Å². The highest BCUT2D eigenvalue weighted by atomic mass is 79.9. The van der Waals surface area contributed by atoms with Gasteiger partial charge in [-0.05, 0) is 41.9 Å². The van der Waals surface area contributed by atoms with Crippen LogP contribution in [0.15, 0.2) is 41.1 Å². The van der Waals surface area contributed by atoms with Crippen LogP contribution in [-0.4, -0.2) is 16.1 Å². The quantitative estimate of drug-likeness (QED) is 0.934. The van der Waals surface area contributed by atoms with Crippen LogP contribution in [0.1, 0.15) is 13.8 Å². The topological polar surface area (TPSA) is 47.0 Å². The number of nitrogens with zero attached hydrogens (tertiary/aromatic N) is 2. The molecular formula is C13H14BrN3O. The van der Waals surface area contributed by atoms with Crippen LogP contribution in [0.3, 0.4) is 0 Å². The highest BCUT2D eigenvalue weighted by Gasteiger charge is 2.06. The monoisotopic (exact) mass is 307 g/mol. The van der Waals surface area contributed by atoms with Crippen LogP contribution in [0.5, 0.6) is 5.75 Å². The number of aromatic nitrogens is 2. The minimum absolute atomic E-state index is 0.124. The van der Waals surface area contributed by atoms with Crippen molar-refractivity contribution >= 4 is 27.6 Å². The minimum atomic E-state index is 0.124. The van der Waals surface area contributed by atoms with Gasteiger partial charge in [-0.2, -0.15) is 0 Å². The van der Waals surface area contributed by atoms with Crippen LogP contribution >= 0.6 is 15.9 Å². The van der Waals surface area contributed by atoms with E-state index in [0.717, 1.165) is 15.9 Å². The number of anilines is 2. The number of hydrogen-bond donors (Lipinski definition) is 1. The van der Waals surface area contributed by atoms with E-state index in [1.54, 1.807) is 12.4 Å². The molecule has 0 unspecified atom stereocenters. The van der Waals surface area contributed by atoms with E-state index in [1.807, 2.05) is 38.1 Å². The van der Waals surface area contributed by atoms with E-state index in [-0.39, 0.29) is 6.10 Å². The fourth-order valence-corrected chi connectivity index (χ4v) is 1.63. The van der Waals surface area contributed by atoms with Crippen LogP contribution < -0.4 is 10.1 Å². The first-order valence-electron chi connectivity index (χ1n) is 5.65. The molecule has 0 saturated carbocycles. The van der Waals surface area contributed by atoms with Crippen molar-refractivity contribution in [2.75, 3.05) is 5.32 Å². The van der Waals surface area contributed by atoms with Crippen LogP contribution in [0.25, 0.3) is 0 Å². The summed E-state index contributed by atoms with van der Waals surface area (Å²) in [6, 6.07) is 7.73. The Hall–Kier alpha value is -1.62. The average molecular weight is 308 g/mol. The molecule has 18 heavy (non-hydrogen) atoms. The third kappa shape index (κ3) is 3.43. The minimum Gasteiger partial charge on any atom is -0.489 e. The van der Waals surface area contributed by atoms with Gasteiger partial charge < -0.3 is 10.1 Å². The zero-order valence-electron chi connectivity index (χ0n) is 10.2. The standard InChI is InChI=1S/C13H14BrN3O/c1-9(2)18-12-6-4-3-5-11(12)17-13-15-7-10(14)8-16-13/h3-9H,1-2H3,(H,15,16,17). The maximum Gasteiger partial charge on any atom is 0.227 e. The summed E-state index contributed by atoms with van der Waals surface area (Å²) in [5.41, 5.74) is 0.855. The Morgan fingerprint density at radius 1 is 1.17 bits per heavy atom. The molecule has 1 aromatic carbocycles. The van der Waals surface area contributed by atoms with E-state index >= 15 is 0 Å². The van der Waals surface area contributed by atoms with Crippen molar-refractivity contribution in [2.24, 2.45) is 0 Å². The molecule has 2 rings (SSSR count). The highest BCUT2D eigenvalue weighted by molar-refractivity contribution is 9.10. The Bertz CT molecular complexity index is 514. The normalized spacial score (nSPS) is 10.4. The van der Waals surface area contributed by atoms with Crippen LogP contribution in [0.4, 0.5) is 11.6 Å². The fourth-order valence-electron chi connectivity index (χ4n) is 1.42. The van der Waals surface area contributed by atoms with Crippen molar-refractivity contribution in [2.45, 2.75) is 20.0 Å². The smallest absolute Gasteiger partial charge is 0.227 e. The maximum absolute atomic E-state index is 5.71. The lowest BCUT2D eigenvalue weighted by Gasteiger charge is -2.14. The number of ether oxygens (including phenoxy) is 1. The molecule has 0 atom stereocenters. The summed E-state index contributed by atoms with van der Waals surface area (Å²) in [4.78, 5) is 8.34. The second-order valence-corrected chi connectivity index (χ2v) is 4.93. The molecule has 0 bridgehead atoms. The van der Waals surface area contributed by atoms with E-state index in [0.29, 0.717) is 5.95 Å². The van der Waals surface area contributed by atoms with Crippen molar-refractivity contribution in [3.05, 3.63) is 41.1 Å². The summed E-state index contributed by atoms with van der Waals surface area (Å²) < 4.78 is 6.56. The SMILES string of the molecule is CC(C)Oc1ccccc1Nc1ncc(Br)cn1. The number of para-hydroxylation sites is 2. The molecule has 5 heteroatoms. The second-order valence-electron chi connectivity index (χ2n) is 4.01. The highest BCUT2D eigenvalue weighted by Crippen LogP contribution is 2.26. The predicted molar refractivity (Wildman–Crippen MR) is 75.2 cm³/mol. The molecule has 0 spiro atoms. The van der Waals surface area contributed by atoms with Crippen molar-refractivity contribution in [3.8, 4) is 5.75 Å². The molecule has 94 valence electrons. The van der Waals surface area contributed by atoms with Crippen molar-refractivity contribution in [1.82, 2.24) is 9.97 Å². The van der Waals surface area contributed by atoms with E-state index in [4.69, 9.17) is 4.74 Å². The molecule has 4 nitrogen and oxygen atoms in total. The fraction of sp³-hybridized carbons (Fsp3) is 0.231. The van der Waals surface area contributed by atoms with Gasteiger partial charge in [0, 0.05) is 12.4 Å². The molecule has 0 amide bonds. The van der Waals surface area contributed by atoms with Crippen LogP contribution in [0.2, 0.25) is 0 Å². The summed E-state index contributed by atoms with van der Waals surface area (Å²) in [5, 5.41) is 3.14. The third-order valence-corrected chi connectivity index (χ3v) is 2.53. The van der Waals surface area contributed by atoms with Crippen molar-refractivity contribution in [1.29, 1.82) is 0 Å². The lowest BCUT2D eigenvalue weighted by molar-refractivity contribution is 0.244. The average Bonchev–Trinajstić information content (AvgIpc) is 2.34. The molecule has 2 aromatic rings.